The molecule has 71 heavy (non-hydrogen) atoms. The van der Waals surface area contributed by atoms with E-state index < -0.39 is 72.6 Å². The zero-order valence-electron chi connectivity index (χ0n) is 42.0. The van der Waals surface area contributed by atoms with Crippen molar-refractivity contribution in [1.82, 2.24) is 0 Å². The number of rotatable bonds is 3. The van der Waals surface area contributed by atoms with Crippen molar-refractivity contribution in [1.29, 1.82) is 0 Å². The highest BCUT2D eigenvalue weighted by atomic mass is 16.7. The molecule has 0 aromatic rings. The van der Waals surface area contributed by atoms with Gasteiger partial charge in [-0.15, -0.1) is 0 Å². The Hall–Kier alpha value is -1.46. The van der Waals surface area contributed by atoms with Crippen molar-refractivity contribution < 1.29 is 82.0 Å². The fourth-order valence-corrected chi connectivity index (χ4v) is 14.6. The molecule has 0 bridgehead atoms. The molecule has 0 saturated carbocycles. The zero-order valence-corrected chi connectivity index (χ0v) is 42.0. The lowest BCUT2D eigenvalue weighted by Crippen LogP contribution is -2.63. The summed E-state index contributed by atoms with van der Waals surface area (Å²) in [7, 11) is 0. The van der Waals surface area contributed by atoms with Crippen molar-refractivity contribution in [2.45, 2.75) is 257 Å². The summed E-state index contributed by atoms with van der Waals surface area (Å²) in [4.78, 5) is 0. The predicted molar refractivity (Wildman–Crippen MR) is 251 cm³/mol. The molecule has 1 spiro atoms. The minimum atomic E-state index is -1.32. The first-order valence-corrected chi connectivity index (χ1v) is 27.4. The van der Waals surface area contributed by atoms with Crippen LogP contribution in [0.5, 0.6) is 0 Å². The molecular weight excluding hydrogens is 921 g/mol. The molecule has 12 aliphatic rings. The van der Waals surface area contributed by atoms with E-state index in [9.17, 15) is 20.4 Å². The van der Waals surface area contributed by atoms with Crippen LogP contribution in [0.3, 0.4) is 0 Å². The maximum atomic E-state index is 12.1. The molecule has 12 heterocycles. The van der Waals surface area contributed by atoms with E-state index in [1.54, 1.807) is 6.92 Å². The number of ether oxygens (including phenoxy) is 13. The number of aliphatic hydroxyl groups is 4. The highest BCUT2D eigenvalue weighted by molar-refractivity contribution is 5.13. The van der Waals surface area contributed by atoms with Crippen LogP contribution >= 0.6 is 0 Å². The Balaban J connectivity index is 0.679. The fourth-order valence-electron chi connectivity index (χ4n) is 14.6. The van der Waals surface area contributed by atoms with Crippen LogP contribution < -0.4 is 0 Å². The summed E-state index contributed by atoms with van der Waals surface area (Å²) in [6.07, 6.45) is 7.48. The van der Waals surface area contributed by atoms with E-state index >= 15 is 0 Å². The van der Waals surface area contributed by atoms with Gasteiger partial charge in [-0.25, -0.2) is 0 Å². The molecule has 0 unspecified atom stereocenters. The molecule has 9 saturated heterocycles. The third kappa shape index (κ3) is 9.31. The summed E-state index contributed by atoms with van der Waals surface area (Å²) in [5.41, 5.74) is -1.32. The molecule has 0 amide bonds. The van der Waals surface area contributed by atoms with E-state index in [1.165, 1.54) is 0 Å². The summed E-state index contributed by atoms with van der Waals surface area (Å²) in [5, 5.41) is 47.3. The molecule has 12 rings (SSSR count). The molecule has 0 aromatic carbocycles. The molecule has 12 aliphatic heterocycles. The topological polar surface area (TPSA) is 201 Å². The summed E-state index contributed by atoms with van der Waals surface area (Å²) in [5.74, 6) is -0.590. The lowest BCUT2D eigenvalue weighted by Gasteiger charge is -2.53. The first-order valence-electron chi connectivity index (χ1n) is 27.4. The fraction of sp³-hybridized carbons (Fsp3) is 0.889. The Kier molecular flexibility index (Phi) is 14.3. The Morgan fingerprint density at radius 2 is 1.25 bits per heavy atom. The van der Waals surface area contributed by atoms with Gasteiger partial charge in [-0.05, 0) is 57.3 Å². The summed E-state index contributed by atoms with van der Waals surface area (Å²) < 4.78 is 86.3. The third-order valence-electron chi connectivity index (χ3n) is 19.0. The quantitative estimate of drug-likeness (QED) is 0.298. The molecule has 9 fully saturated rings. The van der Waals surface area contributed by atoms with Crippen LogP contribution in [-0.4, -0.2) is 192 Å². The van der Waals surface area contributed by atoms with Crippen LogP contribution in [0.15, 0.2) is 36.5 Å². The van der Waals surface area contributed by atoms with E-state index in [-0.39, 0.29) is 116 Å². The predicted octanol–water partition coefficient (Wildman–Crippen LogP) is 3.73. The van der Waals surface area contributed by atoms with Crippen LogP contribution in [0.1, 0.15) is 105 Å². The smallest absolute Gasteiger partial charge is 0.171 e. The van der Waals surface area contributed by atoms with Gasteiger partial charge >= 0.3 is 0 Å². The normalized spacial score (nSPS) is 56.9. The molecule has 0 radical (unpaired) electrons. The van der Waals surface area contributed by atoms with Gasteiger partial charge in [-0.3, -0.25) is 0 Å². The van der Waals surface area contributed by atoms with Crippen molar-refractivity contribution in [2.24, 2.45) is 23.7 Å². The average Bonchev–Trinajstić information content (AvgIpc) is 3.42. The maximum Gasteiger partial charge on any atom is 0.171 e. The average molecular weight is 1000 g/mol. The maximum absolute atomic E-state index is 12.1. The van der Waals surface area contributed by atoms with E-state index in [1.807, 2.05) is 31.2 Å². The number of fused-ring (bicyclic) bond motifs is 9. The van der Waals surface area contributed by atoms with Gasteiger partial charge in [-0.2, -0.15) is 0 Å². The number of aliphatic hydroxyl groups excluding tert-OH is 4. The van der Waals surface area contributed by atoms with Gasteiger partial charge in [0.25, 0.3) is 0 Å². The third-order valence-corrected chi connectivity index (χ3v) is 19.0. The minimum absolute atomic E-state index is 0.0760. The Bertz CT molecular complexity index is 1950. The van der Waals surface area contributed by atoms with Crippen molar-refractivity contribution in [3.63, 3.8) is 0 Å². The second kappa shape index (κ2) is 20.2. The minimum Gasteiger partial charge on any atom is -0.390 e. The second-order valence-corrected chi connectivity index (χ2v) is 23.6. The van der Waals surface area contributed by atoms with Crippen LogP contribution in [-0.2, 0) is 61.6 Å². The highest BCUT2D eigenvalue weighted by Crippen LogP contribution is 2.51. The van der Waals surface area contributed by atoms with Gasteiger partial charge < -0.3 is 82.0 Å². The SMILES string of the molecule is C[C@@H]1C[C@@H]2O[C@@H]3[C@@H](C)[C@H](O)[C@@H]4O[C@]5(CCCO5)[C@@H](C)[C@H](C)[C@H]4O[C@H]3C[C@H]2O[C@H]2C[C@@H](O)[C@@](C)([C@H](O)C[C@@H]3OCC[C@H]4O[C@H]5C=C[C@H]6O[C@H]7[C@H](O)[C@H]8OCC=CC[C@@H]8O[C@@H]7C[C@@H]6O[C@@H]5C/C=C\[C@@H]4O3)O[C@@H]2C1. The second-order valence-electron chi connectivity index (χ2n) is 23.6. The Morgan fingerprint density at radius 1 is 0.549 bits per heavy atom. The Morgan fingerprint density at radius 3 is 2.08 bits per heavy atom. The molecular formula is C54H80O17. The first kappa shape index (κ1) is 50.4. The molecule has 0 aromatic heterocycles. The highest BCUT2D eigenvalue weighted by Gasteiger charge is 2.61. The van der Waals surface area contributed by atoms with Gasteiger partial charge in [-0.1, -0.05) is 64.2 Å². The van der Waals surface area contributed by atoms with Gasteiger partial charge in [0, 0.05) is 43.9 Å². The standard InChI is InChI=1S/C54H80O17/c1-26-20-36-38(23-41-48(68-36)28(3)46(57)52-49(69-41)27(2)29(4)54(71-52)16-9-18-61-54)65-39-24-43(55)53(5,70-40(39)21-26)44(56)25-45-59-19-15-34-31(66-45)12-8-11-30-32(62-34)13-14-33-37(63-30)22-42-51(67-33)47(58)50-35(64-42)10-6-7-17-60-50/h6-8,12-14,26-52,55-58H,9-11,15-25H2,1-5H3/b12-8-/t26-,27+,28+,29+,30-,31+,32+,33-,34-,35+,36+,37+,38-,39+,40-,41+,42-,43-,44-,45-,46+,47-,48-,49-,50+,51-,52+,53+,54-/m1/s1. The van der Waals surface area contributed by atoms with Gasteiger partial charge in [0.15, 0.2) is 12.1 Å². The van der Waals surface area contributed by atoms with E-state index in [0.717, 1.165) is 19.3 Å². The Labute approximate surface area is 418 Å². The summed E-state index contributed by atoms with van der Waals surface area (Å²) >= 11 is 0. The zero-order chi connectivity index (χ0) is 48.9. The molecule has 29 atom stereocenters. The van der Waals surface area contributed by atoms with Crippen molar-refractivity contribution in [3.05, 3.63) is 36.5 Å². The lowest BCUT2D eigenvalue weighted by molar-refractivity contribution is -0.339. The van der Waals surface area contributed by atoms with Crippen LogP contribution in [0.4, 0.5) is 0 Å². The van der Waals surface area contributed by atoms with E-state index in [4.69, 9.17) is 61.6 Å². The largest absolute Gasteiger partial charge is 0.390 e. The van der Waals surface area contributed by atoms with Crippen LogP contribution in [0.2, 0.25) is 0 Å². The number of hydrogen-bond donors (Lipinski definition) is 4. The lowest BCUT2D eigenvalue weighted by atomic mass is 9.76. The van der Waals surface area contributed by atoms with Gasteiger partial charge in [0.05, 0.1) is 111 Å². The van der Waals surface area contributed by atoms with Gasteiger partial charge in [0.2, 0.25) is 0 Å². The monoisotopic (exact) mass is 1000 g/mol. The summed E-state index contributed by atoms with van der Waals surface area (Å²) in [6.45, 7) is 11.8. The summed E-state index contributed by atoms with van der Waals surface area (Å²) in [6, 6.07) is 0. The number of hydrogen-bond acceptors (Lipinski definition) is 17. The van der Waals surface area contributed by atoms with E-state index in [0.29, 0.717) is 58.3 Å². The first-order chi connectivity index (χ1) is 34.2. The van der Waals surface area contributed by atoms with Crippen molar-refractivity contribution in [2.75, 3.05) is 19.8 Å². The molecule has 4 N–H and O–H groups in total. The van der Waals surface area contributed by atoms with Crippen molar-refractivity contribution in [3.8, 4) is 0 Å². The van der Waals surface area contributed by atoms with Gasteiger partial charge in [0.1, 0.15) is 48.3 Å². The van der Waals surface area contributed by atoms with Crippen molar-refractivity contribution >= 4 is 0 Å². The molecule has 17 heteroatoms. The molecule has 398 valence electrons. The van der Waals surface area contributed by atoms with E-state index in [2.05, 4.69) is 32.9 Å². The molecule has 0 aliphatic carbocycles. The van der Waals surface area contributed by atoms with Crippen LogP contribution in [0.25, 0.3) is 0 Å². The molecule has 17 nitrogen and oxygen atoms in total. The van der Waals surface area contributed by atoms with Crippen LogP contribution in [0, 0.1) is 23.7 Å².